The molecular formula is C32H28Cl2N6O6. The van der Waals surface area contributed by atoms with Crippen molar-refractivity contribution in [3.05, 3.63) is 99.7 Å². The molecular weight excluding hydrogens is 635 g/mol. The van der Waals surface area contributed by atoms with Crippen LogP contribution < -0.4 is 5.43 Å². The van der Waals surface area contributed by atoms with Gasteiger partial charge in [0, 0.05) is 11.1 Å². The number of esters is 2. The maximum atomic E-state index is 12.4. The molecule has 5 aromatic rings. The van der Waals surface area contributed by atoms with Gasteiger partial charge < -0.3 is 18.3 Å². The van der Waals surface area contributed by atoms with Gasteiger partial charge in [0.05, 0.1) is 45.8 Å². The highest BCUT2D eigenvalue weighted by Gasteiger charge is 2.17. The molecule has 0 saturated heterocycles. The molecule has 0 saturated carbocycles. The Balaban J connectivity index is 1.23. The van der Waals surface area contributed by atoms with Crippen molar-refractivity contribution in [1.29, 1.82) is 0 Å². The number of ether oxygens (including phenoxy) is 2. The van der Waals surface area contributed by atoms with Gasteiger partial charge in [-0.15, -0.1) is 10.2 Å². The second-order valence-electron chi connectivity index (χ2n) is 10.3. The van der Waals surface area contributed by atoms with Gasteiger partial charge in [-0.3, -0.25) is 0 Å². The SMILES string of the molecule is CC(C)OC(=O)c1cc(-c2ccc(/C=N\Nc3nncn3/N=C\c3ccc(-c4ccc(Cl)c(C(=O)OC(C)C)c4)o3)o2)ccc1Cl. The average molecular weight is 664 g/mol. The van der Waals surface area contributed by atoms with Crippen molar-refractivity contribution < 1.29 is 27.9 Å². The molecule has 2 aromatic carbocycles. The largest absolute Gasteiger partial charge is 0.459 e. The molecule has 12 nitrogen and oxygen atoms in total. The fraction of sp³-hybridized carbons (Fsp3) is 0.188. The molecule has 0 spiro atoms. The summed E-state index contributed by atoms with van der Waals surface area (Å²) in [6.07, 6.45) is 3.75. The first-order valence-electron chi connectivity index (χ1n) is 14.0. The van der Waals surface area contributed by atoms with Crippen LogP contribution in [0.5, 0.6) is 0 Å². The number of carbonyl (C=O) groups is 2. The number of halogens is 2. The van der Waals surface area contributed by atoms with Crippen molar-refractivity contribution in [3.63, 3.8) is 0 Å². The zero-order valence-electron chi connectivity index (χ0n) is 25.1. The zero-order valence-corrected chi connectivity index (χ0v) is 26.6. The molecule has 0 radical (unpaired) electrons. The van der Waals surface area contributed by atoms with E-state index in [1.54, 1.807) is 88.4 Å². The van der Waals surface area contributed by atoms with Gasteiger partial charge in [0.1, 0.15) is 29.4 Å². The van der Waals surface area contributed by atoms with Crippen molar-refractivity contribution in [2.75, 3.05) is 5.43 Å². The molecule has 0 bridgehead atoms. The Morgan fingerprint density at radius 1 is 0.804 bits per heavy atom. The van der Waals surface area contributed by atoms with E-state index >= 15 is 0 Å². The Hall–Kier alpha value is -5.20. The van der Waals surface area contributed by atoms with Crippen LogP contribution in [0.25, 0.3) is 22.6 Å². The average Bonchev–Trinajstić information content (AvgIpc) is 3.78. The predicted octanol–water partition coefficient (Wildman–Crippen LogP) is 7.56. The van der Waals surface area contributed by atoms with Gasteiger partial charge in [0.25, 0.3) is 5.95 Å². The minimum atomic E-state index is -0.515. The lowest BCUT2D eigenvalue weighted by molar-refractivity contribution is 0.0367. The first-order chi connectivity index (χ1) is 22.1. The van der Waals surface area contributed by atoms with E-state index in [0.717, 1.165) is 0 Å². The quantitative estimate of drug-likeness (QED) is 0.0859. The summed E-state index contributed by atoms with van der Waals surface area (Å²) in [5.74, 6) is 1.08. The minimum absolute atomic E-state index is 0.225. The summed E-state index contributed by atoms with van der Waals surface area (Å²) in [6, 6.07) is 16.9. The lowest BCUT2D eigenvalue weighted by Crippen LogP contribution is -2.12. The summed E-state index contributed by atoms with van der Waals surface area (Å²) in [6.45, 7) is 7.06. The summed E-state index contributed by atoms with van der Waals surface area (Å²) in [5.41, 5.74) is 4.54. The van der Waals surface area contributed by atoms with Crippen LogP contribution in [0.4, 0.5) is 5.95 Å². The van der Waals surface area contributed by atoms with Crippen LogP contribution in [0, 0.1) is 0 Å². The van der Waals surface area contributed by atoms with Crippen LogP contribution in [0.3, 0.4) is 0 Å². The van der Waals surface area contributed by atoms with Crippen LogP contribution in [0.15, 0.2) is 86.0 Å². The lowest BCUT2D eigenvalue weighted by atomic mass is 10.1. The summed E-state index contributed by atoms with van der Waals surface area (Å²) >= 11 is 12.4. The zero-order chi connectivity index (χ0) is 32.8. The smallest absolute Gasteiger partial charge is 0.339 e. The summed E-state index contributed by atoms with van der Waals surface area (Å²) in [5, 5.41) is 16.9. The second-order valence-corrected chi connectivity index (χ2v) is 11.1. The fourth-order valence-corrected chi connectivity index (χ4v) is 4.43. The predicted molar refractivity (Wildman–Crippen MR) is 174 cm³/mol. The normalized spacial score (nSPS) is 11.7. The van der Waals surface area contributed by atoms with Crippen molar-refractivity contribution in [1.82, 2.24) is 14.9 Å². The highest BCUT2D eigenvalue weighted by molar-refractivity contribution is 6.34. The first kappa shape index (κ1) is 32.2. The van der Waals surface area contributed by atoms with E-state index in [1.807, 2.05) is 0 Å². The Morgan fingerprint density at radius 3 is 1.85 bits per heavy atom. The molecule has 236 valence electrons. The van der Waals surface area contributed by atoms with Gasteiger partial charge in [-0.25, -0.2) is 15.0 Å². The molecule has 1 N–H and O–H groups in total. The van der Waals surface area contributed by atoms with E-state index in [4.69, 9.17) is 41.5 Å². The number of aromatic nitrogens is 3. The molecule has 0 unspecified atom stereocenters. The number of carbonyl (C=O) groups excluding carboxylic acids is 2. The van der Waals surface area contributed by atoms with Crippen molar-refractivity contribution >= 4 is 53.5 Å². The summed E-state index contributed by atoms with van der Waals surface area (Å²) < 4.78 is 23.7. The van der Waals surface area contributed by atoms with Crippen LogP contribution in [-0.4, -0.2) is 51.4 Å². The van der Waals surface area contributed by atoms with E-state index in [1.165, 1.54) is 23.4 Å². The van der Waals surface area contributed by atoms with Gasteiger partial charge in [0.2, 0.25) is 0 Å². The number of rotatable bonds is 11. The highest BCUT2D eigenvalue weighted by atomic mass is 35.5. The van der Waals surface area contributed by atoms with Gasteiger partial charge >= 0.3 is 11.9 Å². The number of nitrogens with zero attached hydrogens (tertiary/aromatic N) is 5. The van der Waals surface area contributed by atoms with Crippen molar-refractivity contribution in [2.24, 2.45) is 10.2 Å². The van der Waals surface area contributed by atoms with Gasteiger partial charge in [-0.1, -0.05) is 23.2 Å². The molecule has 5 rings (SSSR count). The molecule has 0 amide bonds. The Morgan fingerprint density at radius 2 is 1.33 bits per heavy atom. The minimum Gasteiger partial charge on any atom is -0.459 e. The maximum Gasteiger partial charge on any atom is 0.339 e. The Bertz CT molecular complexity index is 1920. The Kier molecular flexibility index (Phi) is 9.99. The molecule has 0 aliphatic rings. The molecule has 0 aliphatic heterocycles. The second kappa shape index (κ2) is 14.3. The molecule has 3 heterocycles. The number of hydrazone groups is 1. The molecule has 14 heteroatoms. The van der Waals surface area contributed by atoms with Crippen LogP contribution >= 0.6 is 23.2 Å². The molecule has 3 aromatic heterocycles. The van der Waals surface area contributed by atoms with Crippen molar-refractivity contribution in [2.45, 2.75) is 39.9 Å². The van der Waals surface area contributed by atoms with E-state index in [0.29, 0.717) is 34.2 Å². The standard InChI is InChI=1S/C32H28Cl2N6O6/c1-18(2)43-30(41)24-13-20(5-9-26(24)33)28-11-7-22(45-28)15-35-38-32-39-36-17-40(32)37-16-23-8-12-29(46-23)21-6-10-27(34)25(14-21)31(42)44-19(3)4/h5-19H,1-4H3,(H,38,39)/b35-15-,37-16-. The Labute approximate surface area is 273 Å². The molecule has 0 atom stereocenters. The van der Waals surface area contributed by atoms with Gasteiger partial charge in [-0.05, 0) is 88.4 Å². The molecule has 46 heavy (non-hydrogen) atoms. The molecule has 0 aliphatic carbocycles. The van der Waals surface area contributed by atoms with E-state index in [-0.39, 0.29) is 39.3 Å². The third kappa shape index (κ3) is 7.89. The number of anilines is 1. The monoisotopic (exact) mass is 662 g/mol. The number of hydrogen-bond donors (Lipinski definition) is 1. The topological polar surface area (TPSA) is 146 Å². The van der Waals surface area contributed by atoms with Crippen LogP contribution in [0.1, 0.15) is 59.9 Å². The van der Waals surface area contributed by atoms with Crippen molar-refractivity contribution in [3.8, 4) is 22.6 Å². The van der Waals surface area contributed by atoms with E-state index < -0.39 is 11.9 Å². The fourth-order valence-electron chi connectivity index (χ4n) is 4.04. The summed E-state index contributed by atoms with van der Waals surface area (Å²) in [4.78, 5) is 24.8. The van der Waals surface area contributed by atoms with Gasteiger partial charge in [0.15, 0.2) is 0 Å². The van der Waals surface area contributed by atoms with Crippen LogP contribution in [-0.2, 0) is 9.47 Å². The summed E-state index contributed by atoms with van der Waals surface area (Å²) in [7, 11) is 0. The van der Waals surface area contributed by atoms with E-state index in [9.17, 15) is 9.59 Å². The maximum absolute atomic E-state index is 12.4. The van der Waals surface area contributed by atoms with E-state index in [2.05, 4.69) is 25.8 Å². The third-order valence-electron chi connectivity index (χ3n) is 6.08. The molecule has 0 fully saturated rings. The number of furan rings is 2. The number of hydrogen-bond acceptors (Lipinski definition) is 11. The first-order valence-corrected chi connectivity index (χ1v) is 14.8. The third-order valence-corrected chi connectivity index (χ3v) is 6.74. The lowest BCUT2D eigenvalue weighted by Gasteiger charge is -2.10. The van der Waals surface area contributed by atoms with Gasteiger partial charge in [-0.2, -0.15) is 14.9 Å². The number of benzene rings is 2. The highest BCUT2D eigenvalue weighted by Crippen LogP contribution is 2.29. The number of nitrogens with one attached hydrogen (secondary N) is 1. The van der Waals surface area contributed by atoms with Crippen LogP contribution in [0.2, 0.25) is 10.0 Å².